The summed E-state index contributed by atoms with van der Waals surface area (Å²) in [6.07, 6.45) is 3.14. The highest BCUT2D eigenvalue weighted by atomic mass is 32.1. The van der Waals surface area contributed by atoms with Crippen molar-refractivity contribution in [3.05, 3.63) is 64.1 Å². The van der Waals surface area contributed by atoms with Crippen LogP contribution in [0.4, 0.5) is 0 Å². The second-order valence-electron chi connectivity index (χ2n) is 4.73. The summed E-state index contributed by atoms with van der Waals surface area (Å²) >= 11 is 1.61. The molecule has 3 rings (SSSR count). The SMILES string of the molecule is Cc1ccc(C=CC(=O)OCc2nnnn2-c2ccccc2)s1. The summed E-state index contributed by atoms with van der Waals surface area (Å²) < 4.78 is 6.73. The first kappa shape index (κ1) is 15.1. The third-order valence-corrected chi connectivity index (χ3v) is 3.99. The van der Waals surface area contributed by atoms with Gasteiger partial charge in [0.2, 0.25) is 0 Å². The Hall–Kier alpha value is -2.80. The van der Waals surface area contributed by atoms with Crippen molar-refractivity contribution in [2.45, 2.75) is 13.5 Å². The van der Waals surface area contributed by atoms with Gasteiger partial charge < -0.3 is 4.74 Å². The van der Waals surface area contributed by atoms with Gasteiger partial charge in [0.1, 0.15) is 0 Å². The van der Waals surface area contributed by atoms with E-state index in [0.717, 1.165) is 10.6 Å². The fourth-order valence-corrected chi connectivity index (χ4v) is 2.72. The summed E-state index contributed by atoms with van der Waals surface area (Å²) in [7, 11) is 0. The van der Waals surface area contributed by atoms with Gasteiger partial charge in [-0.25, -0.2) is 4.79 Å². The zero-order valence-corrected chi connectivity index (χ0v) is 13.2. The average molecular weight is 326 g/mol. The standard InChI is InChI=1S/C16H14N4O2S/c1-12-7-8-14(23-12)9-10-16(21)22-11-15-17-18-19-20(15)13-5-3-2-4-6-13/h2-10H,11H2,1H3. The summed E-state index contributed by atoms with van der Waals surface area (Å²) in [5.41, 5.74) is 0.813. The second kappa shape index (κ2) is 6.97. The van der Waals surface area contributed by atoms with E-state index in [4.69, 9.17) is 4.74 Å². The zero-order chi connectivity index (χ0) is 16.1. The van der Waals surface area contributed by atoms with E-state index < -0.39 is 5.97 Å². The topological polar surface area (TPSA) is 69.9 Å². The lowest BCUT2D eigenvalue weighted by Gasteiger charge is -2.04. The molecule has 2 aromatic heterocycles. The van der Waals surface area contributed by atoms with E-state index >= 15 is 0 Å². The molecule has 0 amide bonds. The van der Waals surface area contributed by atoms with Crippen molar-refractivity contribution in [1.29, 1.82) is 0 Å². The van der Waals surface area contributed by atoms with Crippen molar-refractivity contribution in [3.8, 4) is 5.69 Å². The van der Waals surface area contributed by atoms with Gasteiger partial charge >= 0.3 is 5.97 Å². The van der Waals surface area contributed by atoms with Crippen LogP contribution in [0.1, 0.15) is 15.6 Å². The van der Waals surface area contributed by atoms with Gasteiger partial charge in [-0.1, -0.05) is 18.2 Å². The van der Waals surface area contributed by atoms with Crippen LogP contribution in [0.2, 0.25) is 0 Å². The molecule has 23 heavy (non-hydrogen) atoms. The maximum absolute atomic E-state index is 11.8. The van der Waals surface area contributed by atoms with Crippen LogP contribution in [-0.4, -0.2) is 26.2 Å². The van der Waals surface area contributed by atoms with Crippen LogP contribution in [0.25, 0.3) is 11.8 Å². The molecule has 0 spiro atoms. The maximum Gasteiger partial charge on any atom is 0.331 e. The zero-order valence-electron chi connectivity index (χ0n) is 12.4. The van der Waals surface area contributed by atoms with E-state index in [-0.39, 0.29) is 6.61 Å². The molecule has 7 heteroatoms. The summed E-state index contributed by atoms with van der Waals surface area (Å²) in [5.74, 6) is 0.0311. The summed E-state index contributed by atoms with van der Waals surface area (Å²) in [5, 5.41) is 11.4. The van der Waals surface area contributed by atoms with Crippen molar-refractivity contribution in [1.82, 2.24) is 20.2 Å². The van der Waals surface area contributed by atoms with Crippen LogP contribution >= 0.6 is 11.3 Å². The molecule has 2 heterocycles. The van der Waals surface area contributed by atoms with Crippen molar-refractivity contribution in [2.24, 2.45) is 0 Å². The molecule has 3 aromatic rings. The number of thiophene rings is 1. The van der Waals surface area contributed by atoms with Gasteiger partial charge in [-0.2, -0.15) is 4.68 Å². The number of benzene rings is 1. The van der Waals surface area contributed by atoms with Crippen LogP contribution in [0, 0.1) is 6.92 Å². The van der Waals surface area contributed by atoms with E-state index in [1.165, 1.54) is 11.0 Å². The van der Waals surface area contributed by atoms with Gasteiger partial charge in [0.15, 0.2) is 12.4 Å². The first-order chi connectivity index (χ1) is 11.2. The van der Waals surface area contributed by atoms with Crippen molar-refractivity contribution in [2.75, 3.05) is 0 Å². The minimum Gasteiger partial charge on any atom is -0.454 e. The van der Waals surface area contributed by atoms with Gasteiger partial charge in [-0.05, 0) is 47.7 Å². The molecule has 0 aliphatic heterocycles. The number of esters is 1. The summed E-state index contributed by atoms with van der Waals surface area (Å²) in [6.45, 7) is 2.03. The Balaban J connectivity index is 1.62. The van der Waals surface area contributed by atoms with Crippen LogP contribution < -0.4 is 0 Å². The minimum atomic E-state index is -0.432. The number of ether oxygens (including phenoxy) is 1. The minimum absolute atomic E-state index is 0.00847. The Labute approximate surface area is 137 Å². The predicted molar refractivity (Wildman–Crippen MR) is 87.0 cm³/mol. The van der Waals surface area contributed by atoms with Gasteiger partial charge in [0, 0.05) is 15.8 Å². The van der Waals surface area contributed by atoms with E-state index in [9.17, 15) is 4.79 Å². The molecule has 0 atom stereocenters. The van der Waals surface area contributed by atoms with Crippen LogP contribution in [0.5, 0.6) is 0 Å². The highest BCUT2D eigenvalue weighted by Gasteiger charge is 2.09. The van der Waals surface area contributed by atoms with Gasteiger partial charge in [0.05, 0.1) is 5.69 Å². The molecular weight excluding hydrogens is 312 g/mol. The first-order valence-corrected chi connectivity index (χ1v) is 7.78. The number of carbonyl (C=O) groups is 1. The fraction of sp³-hybridized carbons (Fsp3) is 0.125. The Kier molecular flexibility index (Phi) is 4.58. The van der Waals surface area contributed by atoms with E-state index in [0.29, 0.717) is 5.82 Å². The molecule has 0 saturated carbocycles. The quantitative estimate of drug-likeness (QED) is 0.532. The predicted octanol–water partition coefficient (Wildman–Crippen LogP) is 2.79. The lowest BCUT2D eigenvalue weighted by atomic mass is 10.3. The molecule has 0 N–H and O–H groups in total. The molecule has 0 aliphatic carbocycles. The fourth-order valence-electron chi connectivity index (χ4n) is 1.94. The van der Waals surface area contributed by atoms with Crippen LogP contribution in [-0.2, 0) is 16.1 Å². The summed E-state index contributed by atoms with van der Waals surface area (Å²) in [4.78, 5) is 14.0. The van der Waals surface area contributed by atoms with Gasteiger partial charge in [-0.15, -0.1) is 16.4 Å². The van der Waals surface area contributed by atoms with E-state index in [2.05, 4.69) is 15.5 Å². The molecular formula is C16H14N4O2S. The smallest absolute Gasteiger partial charge is 0.331 e. The number of rotatable bonds is 5. The normalized spacial score (nSPS) is 11.0. The van der Waals surface area contributed by atoms with Crippen molar-refractivity contribution >= 4 is 23.4 Å². The Bertz CT molecular complexity index is 823. The third kappa shape index (κ3) is 3.89. The Morgan fingerprint density at radius 1 is 1.26 bits per heavy atom. The van der Waals surface area contributed by atoms with Crippen LogP contribution in [0.3, 0.4) is 0 Å². The lowest BCUT2D eigenvalue weighted by Crippen LogP contribution is -2.08. The number of hydrogen-bond donors (Lipinski definition) is 0. The van der Waals surface area contributed by atoms with Gasteiger partial charge in [-0.3, -0.25) is 0 Å². The van der Waals surface area contributed by atoms with E-state index in [1.54, 1.807) is 22.1 Å². The molecule has 0 fully saturated rings. The highest BCUT2D eigenvalue weighted by Crippen LogP contribution is 2.16. The average Bonchev–Trinajstić information content (AvgIpc) is 3.20. The molecule has 0 aliphatic rings. The van der Waals surface area contributed by atoms with Crippen LogP contribution in [0.15, 0.2) is 48.5 Å². The monoisotopic (exact) mass is 326 g/mol. The van der Waals surface area contributed by atoms with E-state index in [1.807, 2.05) is 49.4 Å². The Morgan fingerprint density at radius 2 is 2.09 bits per heavy atom. The number of nitrogens with zero attached hydrogens (tertiary/aromatic N) is 4. The van der Waals surface area contributed by atoms with Crippen molar-refractivity contribution < 1.29 is 9.53 Å². The van der Waals surface area contributed by atoms with Gasteiger partial charge in [0.25, 0.3) is 0 Å². The molecule has 0 bridgehead atoms. The lowest BCUT2D eigenvalue weighted by molar-refractivity contribution is -0.139. The number of tetrazole rings is 1. The molecule has 0 radical (unpaired) electrons. The largest absolute Gasteiger partial charge is 0.454 e. The Morgan fingerprint density at radius 3 is 2.83 bits per heavy atom. The summed E-state index contributed by atoms with van der Waals surface area (Å²) in [6, 6.07) is 13.4. The number of para-hydroxylation sites is 1. The third-order valence-electron chi connectivity index (χ3n) is 3.02. The first-order valence-electron chi connectivity index (χ1n) is 6.96. The molecule has 6 nitrogen and oxygen atoms in total. The van der Waals surface area contributed by atoms with Crippen molar-refractivity contribution in [3.63, 3.8) is 0 Å². The number of aromatic nitrogens is 4. The molecule has 1 aromatic carbocycles. The number of carbonyl (C=O) groups excluding carboxylic acids is 1. The number of aryl methyl sites for hydroxylation is 1. The maximum atomic E-state index is 11.8. The highest BCUT2D eigenvalue weighted by molar-refractivity contribution is 7.12. The number of hydrogen-bond acceptors (Lipinski definition) is 6. The molecule has 0 saturated heterocycles. The molecule has 0 unspecified atom stereocenters. The second-order valence-corrected chi connectivity index (χ2v) is 6.05. The molecule has 116 valence electrons.